The van der Waals surface area contributed by atoms with Crippen LogP contribution in [0.25, 0.3) is 0 Å². The summed E-state index contributed by atoms with van der Waals surface area (Å²) in [6.45, 7) is 6.87. The first-order valence-electron chi connectivity index (χ1n) is 6.96. The summed E-state index contributed by atoms with van der Waals surface area (Å²) >= 11 is 3.47. The molecule has 0 aliphatic rings. The Hall–Kier alpha value is -1.27. The summed E-state index contributed by atoms with van der Waals surface area (Å²) in [5.41, 5.74) is 1.06. The van der Waals surface area contributed by atoms with Crippen LogP contribution in [0.4, 0.5) is 0 Å². The van der Waals surface area contributed by atoms with Gasteiger partial charge in [-0.1, -0.05) is 0 Å². The zero-order chi connectivity index (χ0) is 15.8. The molecule has 1 aromatic rings. The van der Waals surface area contributed by atoms with Crippen LogP contribution >= 0.6 is 15.9 Å². The number of nitrogens with one attached hydrogen (secondary N) is 1. The molecule has 0 amide bonds. The average Bonchev–Trinajstić information content (AvgIpc) is 2.43. The summed E-state index contributed by atoms with van der Waals surface area (Å²) in [4.78, 5) is 11.7. The van der Waals surface area contributed by atoms with Gasteiger partial charge in [0.2, 0.25) is 0 Å². The highest BCUT2D eigenvalue weighted by molar-refractivity contribution is 9.10. The Labute approximate surface area is 134 Å². The summed E-state index contributed by atoms with van der Waals surface area (Å²) in [7, 11) is 1.88. The fourth-order valence-electron chi connectivity index (χ4n) is 1.79. The maximum absolute atomic E-state index is 11.7. The first kappa shape index (κ1) is 17.8. The minimum Gasteiger partial charge on any atom is -0.490 e. The number of halogens is 1. The molecular weight excluding hydrogens is 338 g/mol. The van der Waals surface area contributed by atoms with Crippen LogP contribution in [0.1, 0.15) is 26.3 Å². The molecule has 21 heavy (non-hydrogen) atoms. The van der Waals surface area contributed by atoms with E-state index in [0.717, 1.165) is 10.0 Å². The molecule has 1 atom stereocenters. The Morgan fingerprint density at radius 2 is 2.05 bits per heavy atom. The first-order valence-corrected chi connectivity index (χ1v) is 7.75. The topological polar surface area (TPSA) is 56.8 Å². The van der Waals surface area contributed by atoms with E-state index in [0.29, 0.717) is 31.3 Å². The third-order valence-corrected chi connectivity index (χ3v) is 3.25. The smallest absolute Gasteiger partial charge is 0.347 e. The number of benzene rings is 1. The lowest BCUT2D eigenvalue weighted by Gasteiger charge is -2.18. The Kier molecular flexibility index (Phi) is 7.53. The lowest BCUT2D eigenvalue weighted by atomic mass is 10.2. The molecule has 0 aromatic heterocycles. The summed E-state index contributed by atoms with van der Waals surface area (Å²) in [5.74, 6) is 0.719. The molecule has 0 aliphatic carbocycles. The van der Waals surface area contributed by atoms with Gasteiger partial charge < -0.3 is 19.5 Å². The molecule has 0 saturated heterocycles. The monoisotopic (exact) mass is 359 g/mol. The van der Waals surface area contributed by atoms with Gasteiger partial charge >= 0.3 is 5.97 Å². The SMILES string of the molecule is CCOC(=O)C(C)Oc1c(Br)cc(CNC)cc1OCC. The van der Waals surface area contributed by atoms with E-state index in [-0.39, 0.29) is 0 Å². The van der Waals surface area contributed by atoms with Crippen molar-refractivity contribution in [2.45, 2.75) is 33.4 Å². The van der Waals surface area contributed by atoms with Crippen LogP contribution in [0.2, 0.25) is 0 Å². The van der Waals surface area contributed by atoms with Crippen molar-refractivity contribution in [2.75, 3.05) is 20.3 Å². The van der Waals surface area contributed by atoms with Crippen molar-refractivity contribution in [3.8, 4) is 11.5 Å². The van der Waals surface area contributed by atoms with Gasteiger partial charge in [-0.3, -0.25) is 0 Å². The average molecular weight is 360 g/mol. The lowest BCUT2D eigenvalue weighted by molar-refractivity contribution is -0.150. The zero-order valence-corrected chi connectivity index (χ0v) is 14.5. The molecule has 5 nitrogen and oxygen atoms in total. The van der Waals surface area contributed by atoms with Crippen molar-refractivity contribution < 1.29 is 19.0 Å². The summed E-state index contributed by atoms with van der Waals surface area (Å²) in [6, 6.07) is 3.84. The molecular formula is C15H22BrNO4. The van der Waals surface area contributed by atoms with Crippen LogP contribution in [-0.2, 0) is 16.1 Å². The number of hydrogen-bond acceptors (Lipinski definition) is 5. The predicted molar refractivity (Wildman–Crippen MR) is 84.8 cm³/mol. The maximum Gasteiger partial charge on any atom is 0.347 e. The minimum absolute atomic E-state index is 0.327. The van der Waals surface area contributed by atoms with Crippen molar-refractivity contribution in [3.05, 3.63) is 22.2 Å². The quantitative estimate of drug-likeness (QED) is 0.723. The van der Waals surface area contributed by atoms with E-state index in [1.165, 1.54) is 0 Å². The zero-order valence-electron chi connectivity index (χ0n) is 12.9. The van der Waals surface area contributed by atoms with Crippen molar-refractivity contribution in [1.29, 1.82) is 0 Å². The molecule has 0 saturated carbocycles. The first-order chi connectivity index (χ1) is 10.0. The van der Waals surface area contributed by atoms with E-state index >= 15 is 0 Å². The van der Waals surface area contributed by atoms with Gasteiger partial charge in [-0.15, -0.1) is 0 Å². The molecule has 6 heteroatoms. The van der Waals surface area contributed by atoms with Gasteiger partial charge in [0.05, 0.1) is 17.7 Å². The highest BCUT2D eigenvalue weighted by atomic mass is 79.9. The lowest BCUT2D eigenvalue weighted by Crippen LogP contribution is -2.26. The third kappa shape index (κ3) is 5.21. The molecule has 1 rings (SSSR count). The van der Waals surface area contributed by atoms with Crippen molar-refractivity contribution in [3.63, 3.8) is 0 Å². The molecule has 1 N–H and O–H groups in total. The van der Waals surface area contributed by atoms with E-state index < -0.39 is 12.1 Å². The normalized spacial score (nSPS) is 11.9. The molecule has 0 aliphatic heterocycles. The standard InChI is InChI=1S/C15H22BrNO4/c1-5-19-13-8-11(9-17-4)7-12(16)14(13)21-10(3)15(18)20-6-2/h7-8,10,17H,5-6,9H2,1-4H3. The van der Waals surface area contributed by atoms with Gasteiger partial charge in [-0.25, -0.2) is 4.79 Å². The van der Waals surface area contributed by atoms with Crippen LogP contribution in [0.5, 0.6) is 11.5 Å². The fourth-order valence-corrected chi connectivity index (χ4v) is 2.37. The second-order valence-corrected chi connectivity index (χ2v) is 5.23. The molecule has 0 radical (unpaired) electrons. The third-order valence-electron chi connectivity index (χ3n) is 2.66. The summed E-state index contributed by atoms with van der Waals surface area (Å²) in [6.07, 6.45) is -0.699. The summed E-state index contributed by atoms with van der Waals surface area (Å²) in [5, 5.41) is 3.08. The molecule has 118 valence electrons. The van der Waals surface area contributed by atoms with Gasteiger partial charge in [-0.2, -0.15) is 0 Å². The van der Waals surface area contributed by atoms with Crippen LogP contribution in [0.15, 0.2) is 16.6 Å². The largest absolute Gasteiger partial charge is 0.490 e. The van der Waals surface area contributed by atoms with E-state index in [9.17, 15) is 4.79 Å². The van der Waals surface area contributed by atoms with Crippen molar-refractivity contribution in [2.24, 2.45) is 0 Å². The van der Waals surface area contributed by atoms with Gasteiger partial charge in [0.25, 0.3) is 0 Å². The van der Waals surface area contributed by atoms with Crippen LogP contribution in [0.3, 0.4) is 0 Å². The number of esters is 1. The number of ether oxygens (including phenoxy) is 3. The van der Waals surface area contributed by atoms with Crippen LogP contribution in [-0.4, -0.2) is 32.3 Å². The molecule has 0 bridgehead atoms. The van der Waals surface area contributed by atoms with E-state index in [4.69, 9.17) is 14.2 Å². The number of hydrogen-bond donors (Lipinski definition) is 1. The molecule has 0 spiro atoms. The molecule has 1 unspecified atom stereocenters. The van der Waals surface area contributed by atoms with Crippen molar-refractivity contribution in [1.82, 2.24) is 5.32 Å². The predicted octanol–water partition coefficient (Wildman–Crippen LogP) is 2.90. The number of rotatable bonds is 8. The van der Waals surface area contributed by atoms with E-state index in [1.54, 1.807) is 13.8 Å². The van der Waals surface area contributed by atoms with E-state index in [2.05, 4.69) is 21.2 Å². The second kappa shape index (κ2) is 8.89. The Morgan fingerprint density at radius 3 is 2.62 bits per heavy atom. The minimum atomic E-state index is -0.699. The highest BCUT2D eigenvalue weighted by Crippen LogP contribution is 2.37. The van der Waals surface area contributed by atoms with Gasteiger partial charge in [0.15, 0.2) is 17.6 Å². The van der Waals surface area contributed by atoms with Gasteiger partial charge in [0.1, 0.15) is 0 Å². The van der Waals surface area contributed by atoms with Gasteiger partial charge in [0, 0.05) is 6.54 Å². The number of carbonyl (C=O) groups is 1. The van der Waals surface area contributed by atoms with Crippen molar-refractivity contribution >= 4 is 21.9 Å². The molecule has 0 heterocycles. The maximum atomic E-state index is 11.7. The molecule has 1 aromatic carbocycles. The Balaban J connectivity index is 3.01. The van der Waals surface area contributed by atoms with Crippen LogP contribution in [0, 0.1) is 0 Å². The van der Waals surface area contributed by atoms with E-state index in [1.807, 2.05) is 26.1 Å². The highest BCUT2D eigenvalue weighted by Gasteiger charge is 2.20. The van der Waals surface area contributed by atoms with Crippen LogP contribution < -0.4 is 14.8 Å². The Bertz CT molecular complexity index is 479. The van der Waals surface area contributed by atoms with Gasteiger partial charge in [-0.05, 0) is 61.4 Å². The Morgan fingerprint density at radius 1 is 1.33 bits per heavy atom. The summed E-state index contributed by atoms with van der Waals surface area (Å²) < 4.78 is 17.0. The molecule has 0 fully saturated rings. The fraction of sp³-hybridized carbons (Fsp3) is 0.533. The second-order valence-electron chi connectivity index (χ2n) is 4.38. The number of carbonyl (C=O) groups excluding carboxylic acids is 1.